The summed E-state index contributed by atoms with van der Waals surface area (Å²) in [5, 5.41) is 2.91. The molecule has 3 N–H and O–H groups in total. The van der Waals surface area contributed by atoms with Crippen molar-refractivity contribution in [3.63, 3.8) is 0 Å². The zero-order valence-electron chi connectivity index (χ0n) is 13.1. The van der Waals surface area contributed by atoms with Gasteiger partial charge in [-0.15, -0.1) is 12.4 Å². The van der Waals surface area contributed by atoms with Crippen LogP contribution in [0.5, 0.6) is 11.5 Å². The summed E-state index contributed by atoms with van der Waals surface area (Å²) in [6, 6.07) is 5.49. The summed E-state index contributed by atoms with van der Waals surface area (Å²) in [6.07, 6.45) is 4.89. The first-order valence-electron chi connectivity index (χ1n) is 7.41. The van der Waals surface area contributed by atoms with Crippen LogP contribution in [0.25, 0.3) is 0 Å². The van der Waals surface area contributed by atoms with Gasteiger partial charge in [0.25, 0.3) is 0 Å². The molecule has 1 saturated carbocycles. The summed E-state index contributed by atoms with van der Waals surface area (Å²) < 4.78 is 10.4. The molecule has 0 aliphatic heterocycles. The van der Waals surface area contributed by atoms with E-state index in [0.717, 1.165) is 12.8 Å². The van der Waals surface area contributed by atoms with Crippen molar-refractivity contribution in [2.45, 2.75) is 38.1 Å². The quantitative estimate of drug-likeness (QED) is 0.871. The molecule has 0 heterocycles. The van der Waals surface area contributed by atoms with Crippen molar-refractivity contribution in [2.75, 3.05) is 19.5 Å². The van der Waals surface area contributed by atoms with Gasteiger partial charge in [0.1, 0.15) is 0 Å². The van der Waals surface area contributed by atoms with Crippen LogP contribution in [0.4, 0.5) is 5.69 Å². The molecular formula is C16H25ClN2O3. The molecule has 0 spiro atoms. The van der Waals surface area contributed by atoms with E-state index < -0.39 is 0 Å². The molecule has 1 aliphatic carbocycles. The Bertz CT molecular complexity index is 496. The number of halogens is 1. The van der Waals surface area contributed by atoms with Gasteiger partial charge in [-0.3, -0.25) is 4.79 Å². The number of ether oxygens (including phenoxy) is 2. The number of rotatable bonds is 5. The Hall–Kier alpha value is -1.46. The zero-order valence-corrected chi connectivity index (χ0v) is 13.9. The molecule has 0 saturated heterocycles. The van der Waals surface area contributed by atoms with E-state index in [0.29, 0.717) is 29.5 Å². The number of benzene rings is 1. The van der Waals surface area contributed by atoms with Crippen molar-refractivity contribution in [3.8, 4) is 11.5 Å². The molecule has 1 aliphatic rings. The van der Waals surface area contributed by atoms with Crippen molar-refractivity contribution in [1.82, 2.24) is 0 Å². The molecule has 1 aromatic rings. The Morgan fingerprint density at radius 1 is 1.23 bits per heavy atom. The van der Waals surface area contributed by atoms with Crippen LogP contribution in [0.15, 0.2) is 18.2 Å². The molecule has 2 unspecified atom stereocenters. The maximum Gasteiger partial charge on any atom is 0.224 e. The molecule has 5 nitrogen and oxygen atoms in total. The Morgan fingerprint density at radius 2 is 1.91 bits per heavy atom. The van der Waals surface area contributed by atoms with E-state index in [4.69, 9.17) is 15.2 Å². The standard InChI is InChI=1S/C16H24N2O3.ClH/c1-20-14-8-7-12(10-15(14)21-2)18-16(19)9-11-5-3-4-6-13(11)17;/h7-8,10-11,13H,3-6,9,17H2,1-2H3,(H,18,19);1H. The Morgan fingerprint density at radius 3 is 2.55 bits per heavy atom. The van der Waals surface area contributed by atoms with Crippen LogP contribution in [0.1, 0.15) is 32.1 Å². The molecule has 1 fully saturated rings. The van der Waals surface area contributed by atoms with Gasteiger partial charge in [-0.05, 0) is 30.9 Å². The lowest BCUT2D eigenvalue weighted by molar-refractivity contribution is -0.117. The van der Waals surface area contributed by atoms with E-state index >= 15 is 0 Å². The van der Waals surface area contributed by atoms with Crippen LogP contribution < -0.4 is 20.5 Å². The number of carbonyl (C=O) groups is 1. The Balaban J connectivity index is 0.00000242. The molecule has 0 radical (unpaired) electrons. The van der Waals surface area contributed by atoms with Crippen LogP contribution in [-0.2, 0) is 4.79 Å². The summed E-state index contributed by atoms with van der Waals surface area (Å²) in [7, 11) is 3.16. The van der Waals surface area contributed by atoms with E-state index in [1.165, 1.54) is 12.8 Å². The van der Waals surface area contributed by atoms with Crippen LogP contribution in [0, 0.1) is 5.92 Å². The second-order valence-electron chi connectivity index (χ2n) is 5.53. The van der Waals surface area contributed by atoms with Crippen LogP contribution in [-0.4, -0.2) is 26.2 Å². The number of carbonyl (C=O) groups excluding carboxylic acids is 1. The highest BCUT2D eigenvalue weighted by Crippen LogP contribution is 2.30. The number of anilines is 1. The highest BCUT2D eigenvalue weighted by Gasteiger charge is 2.24. The minimum atomic E-state index is 0. The van der Waals surface area contributed by atoms with Gasteiger partial charge in [0.2, 0.25) is 5.91 Å². The Labute approximate surface area is 138 Å². The summed E-state index contributed by atoms with van der Waals surface area (Å²) in [5.74, 6) is 1.54. The number of amides is 1. The van der Waals surface area contributed by atoms with E-state index in [1.54, 1.807) is 32.4 Å². The SMILES string of the molecule is COc1ccc(NC(=O)CC2CCCCC2N)cc1OC.Cl. The number of hydrogen-bond donors (Lipinski definition) is 2. The summed E-state index contributed by atoms with van der Waals surface area (Å²) >= 11 is 0. The highest BCUT2D eigenvalue weighted by molar-refractivity contribution is 5.91. The second kappa shape index (κ2) is 8.86. The molecule has 0 aromatic heterocycles. The van der Waals surface area contributed by atoms with Gasteiger partial charge in [0.15, 0.2) is 11.5 Å². The lowest BCUT2D eigenvalue weighted by Gasteiger charge is -2.27. The largest absolute Gasteiger partial charge is 0.493 e. The van der Waals surface area contributed by atoms with Crippen molar-refractivity contribution in [3.05, 3.63) is 18.2 Å². The summed E-state index contributed by atoms with van der Waals surface area (Å²) in [5.41, 5.74) is 6.80. The summed E-state index contributed by atoms with van der Waals surface area (Å²) in [4.78, 5) is 12.1. The van der Waals surface area contributed by atoms with Crippen molar-refractivity contribution >= 4 is 24.0 Å². The third-order valence-corrected chi connectivity index (χ3v) is 4.08. The van der Waals surface area contributed by atoms with Crippen LogP contribution >= 0.6 is 12.4 Å². The van der Waals surface area contributed by atoms with E-state index in [-0.39, 0.29) is 24.4 Å². The lowest BCUT2D eigenvalue weighted by Crippen LogP contribution is -2.35. The normalized spacial score (nSPS) is 20.7. The van der Waals surface area contributed by atoms with Crippen LogP contribution in [0.2, 0.25) is 0 Å². The highest BCUT2D eigenvalue weighted by atomic mass is 35.5. The molecule has 2 rings (SSSR count). The average Bonchev–Trinajstić information content (AvgIpc) is 2.49. The van der Waals surface area contributed by atoms with Crippen molar-refractivity contribution in [2.24, 2.45) is 11.7 Å². The van der Waals surface area contributed by atoms with Gasteiger partial charge in [0, 0.05) is 24.2 Å². The topological polar surface area (TPSA) is 73.6 Å². The number of methoxy groups -OCH3 is 2. The first kappa shape index (κ1) is 18.6. The first-order chi connectivity index (χ1) is 10.1. The maximum absolute atomic E-state index is 12.1. The fraction of sp³-hybridized carbons (Fsp3) is 0.562. The van der Waals surface area contributed by atoms with Crippen molar-refractivity contribution in [1.29, 1.82) is 0 Å². The smallest absolute Gasteiger partial charge is 0.224 e. The summed E-state index contributed by atoms with van der Waals surface area (Å²) in [6.45, 7) is 0. The predicted molar refractivity (Wildman–Crippen MR) is 90.0 cm³/mol. The van der Waals surface area contributed by atoms with Gasteiger partial charge < -0.3 is 20.5 Å². The third-order valence-electron chi connectivity index (χ3n) is 4.08. The molecule has 6 heteroatoms. The molecular weight excluding hydrogens is 304 g/mol. The van der Waals surface area contributed by atoms with Crippen molar-refractivity contribution < 1.29 is 14.3 Å². The fourth-order valence-electron chi connectivity index (χ4n) is 2.85. The van der Waals surface area contributed by atoms with E-state index in [9.17, 15) is 4.79 Å². The third kappa shape index (κ3) is 4.78. The minimum absolute atomic E-state index is 0. The van der Waals surface area contributed by atoms with Gasteiger partial charge >= 0.3 is 0 Å². The molecule has 22 heavy (non-hydrogen) atoms. The second-order valence-corrected chi connectivity index (χ2v) is 5.53. The minimum Gasteiger partial charge on any atom is -0.493 e. The zero-order chi connectivity index (χ0) is 15.2. The monoisotopic (exact) mass is 328 g/mol. The first-order valence-corrected chi connectivity index (χ1v) is 7.41. The van der Waals surface area contributed by atoms with E-state index in [2.05, 4.69) is 5.32 Å². The van der Waals surface area contributed by atoms with Gasteiger partial charge in [-0.25, -0.2) is 0 Å². The Kier molecular flexibility index (Phi) is 7.48. The van der Waals surface area contributed by atoms with Gasteiger partial charge in [-0.1, -0.05) is 12.8 Å². The van der Waals surface area contributed by atoms with Gasteiger partial charge in [-0.2, -0.15) is 0 Å². The van der Waals surface area contributed by atoms with E-state index in [1.807, 2.05) is 0 Å². The molecule has 1 amide bonds. The predicted octanol–water partition coefficient (Wildman–Crippen LogP) is 2.97. The average molecular weight is 329 g/mol. The number of hydrogen-bond acceptors (Lipinski definition) is 4. The molecule has 0 bridgehead atoms. The van der Waals surface area contributed by atoms with Gasteiger partial charge in [0.05, 0.1) is 14.2 Å². The fourth-order valence-corrected chi connectivity index (χ4v) is 2.85. The maximum atomic E-state index is 12.1. The number of nitrogens with one attached hydrogen (secondary N) is 1. The lowest BCUT2D eigenvalue weighted by atomic mass is 9.83. The number of nitrogens with two attached hydrogens (primary N) is 1. The molecule has 124 valence electrons. The van der Waals surface area contributed by atoms with Crippen LogP contribution in [0.3, 0.4) is 0 Å². The molecule has 2 atom stereocenters. The molecule has 1 aromatic carbocycles.